The van der Waals surface area contributed by atoms with Crippen molar-refractivity contribution in [2.75, 3.05) is 26.2 Å². The van der Waals surface area contributed by atoms with Crippen LogP contribution in [0.3, 0.4) is 0 Å². The fourth-order valence-electron chi connectivity index (χ4n) is 4.33. The van der Waals surface area contributed by atoms with Crippen molar-refractivity contribution in [3.63, 3.8) is 0 Å². The Hall–Kier alpha value is -2.54. The summed E-state index contributed by atoms with van der Waals surface area (Å²) in [6, 6.07) is 30.9. The molecule has 0 radical (unpaired) electrons. The zero-order valence-electron chi connectivity index (χ0n) is 19.1. The highest BCUT2D eigenvalue weighted by molar-refractivity contribution is 5.15. The van der Waals surface area contributed by atoms with Gasteiger partial charge in [-0.25, -0.2) is 0 Å². The second-order valence-electron chi connectivity index (χ2n) is 8.45. The maximum Gasteiger partial charge on any atom is 0.103 e. The molecule has 0 amide bonds. The Bertz CT molecular complexity index is 924. The highest BCUT2D eigenvalue weighted by Gasteiger charge is 2.43. The molecule has 1 heterocycles. The highest BCUT2D eigenvalue weighted by Crippen LogP contribution is 2.26. The third-order valence-corrected chi connectivity index (χ3v) is 6.04. The third kappa shape index (κ3) is 6.97. The first-order valence-electron chi connectivity index (χ1n) is 11.7. The second kappa shape index (κ2) is 12.6. The van der Waals surface area contributed by atoms with Gasteiger partial charge in [-0.05, 0) is 16.7 Å². The summed E-state index contributed by atoms with van der Waals surface area (Å²) in [6.07, 6.45) is -0.151. The van der Waals surface area contributed by atoms with Gasteiger partial charge < -0.3 is 19.9 Å². The van der Waals surface area contributed by atoms with Gasteiger partial charge in [0, 0.05) is 19.6 Å². The third-order valence-electron chi connectivity index (χ3n) is 6.04. The summed E-state index contributed by atoms with van der Waals surface area (Å²) in [7, 11) is 0. The summed E-state index contributed by atoms with van der Waals surface area (Å²) in [4.78, 5) is 2.36. The topological polar surface area (TPSA) is 57.0 Å². The van der Waals surface area contributed by atoms with Gasteiger partial charge in [0.05, 0.1) is 38.6 Å². The van der Waals surface area contributed by atoms with Gasteiger partial charge in [0.25, 0.3) is 0 Å². The fourth-order valence-corrected chi connectivity index (χ4v) is 4.33. The molecule has 1 saturated heterocycles. The number of benzene rings is 3. The lowest BCUT2D eigenvalue weighted by Crippen LogP contribution is -2.43. The van der Waals surface area contributed by atoms with Crippen LogP contribution in [0.15, 0.2) is 91.0 Å². The Morgan fingerprint density at radius 3 is 1.76 bits per heavy atom. The number of nitrogens with zero attached hydrogens (tertiary/aromatic N) is 1. The first-order valence-corrected chi connectivity index (χ1v) is 11.7. The van der Waals surface area contributed by atoms with Crippen LogP contribution in [0.2, 0.25) is 0 Å². The lowest BCUT2D eigenvalue weighted by Gasteiger charge is -2.28. The molecule has 3 aromatic carbocycles. The standard InChI is InChI=1S/C28H34N2O3/c29-16-17-30-18-27(32-20-24-12-6-2-7-13-24)28(33-21-25-14-8-3-9-15-25)26(30)22-31-19-23-10-4-1-5-11-23/h1-15,26-28H,16-22,29H2/t26-,27-,28+/m0/s1. The molecule has 2 N–H and O–H groups in total. The van der Waals surface area contributed by atoms with Crippen LogP contribution in [0.1, 0.15) is 16.7 Å². The van der Waals surface area contributed by atoms with E-state index in [9.17, 15) is 0 Å². The number of ether oxygens (including phenoxy) is 3. The van der Waals surface area contributed by atoms with Gasteiger partial charge in [-0.2, -0.15) is 0 Å². The van der Waals surface area contributed by atoms with Gasteiger partial charge in [-0.1, -0.05) is 91.0 Å². The van der Waals surface area contributed by atoms with Gasteiger partial charge in [-0.15, -0.1) is 0 Å². The molecule has 1 aliphatic heterocycles. The smallest absolute Gasteiger partial charge is 0.103 e. The van der Waals surface area contributed by atoms with Crippen LogP contribution in [0.5, 0.6) is 0 Å². The summed E-state index contributed by atoms with van der Waals surface area (Å²) >= 11 is 0. The number of hydrogen-bond donors (Lipinski definition) is 1. The minimum atomic E-state index is -0.101. The Labute approximate surface area is 197 Å². The maximum atomic E-state index is 6.49. The minimum Gasteiger partial charge on any atom is -0.375 e. The molecule has 3 aromatic rings. The van der Waals surface area contributed by atoms with Gasteiger partial charge in [0.15, 0.2) is 0 Å². The van der Waals surface area contributed by atoms with E-state index >= 15 is 0 Å². The van der Waals surface area contributed by atoms with Crippen LogP contribution in [-0.2, 0) is 34.0 Å². The van der Waals surface area contributed by atoms with Crippen molar-refractivity contribution in [3.05, 3.63) is 108 Å². The number of nitrogens with two attached hydrogens (primary N) is 1. The van der Waals surface area contributed by atoms with Crippen LogP contribution in [0, 0.1) is 0 Å². The summed E-state index contributed by atoms with van der Waals surface area (Å²) in [5, 5.41) is 0. The Morgan fingerprint density at radius 1 is 0.697 bits per heavy atom. The molecule has 33 heavy (non-hydrogen) atoms. The van der Waals surface area contributed by atoms with Crippen molar-refractivity contribution in [1.82, 2.24) is 4.90 Å². The minimum absolute atomic E-state index is 0.0502. The number of rotatable bonds is 12. The molecule has 0 bridgehead atoms. The van der Waals surface area contributed by atoms with Crippen molar-refractivity contribution in [2.45, 2.75) is 38.1 Å². The van der Waals surface area contributed by atoms with E-state index in [2.05, 4.69) is 41.3 Å². The van der Waals surface area contributed by atoms with Crippen molar-refractivity contribution in [3.8, 4) is 0 Å². The summed E-state index contributed by atoms with van der Waals surface area (Å²) in [5.74, 6) is 0. The van der Waals surface area contributed by atoms with Crippen molar-refractivity contribution in [2.24, 2.45) is 5.73 Å². The normalized spacial score (nSPS) is 20.8. The fraction of sp³-hybridized carbons (Fsp3) is 0.357. The van der Waals surface area contributed by atoms with Crippen molar-refractivity contribution < 1.29 is 14.2 Å². The van der Waals surface area contributed by atoms with E-state index in [-0.39, 0.29) is 18.2 Å². The SMILES string of the molecule is NCCN1C[C@H](OCc2ccccc2)[C@H](OCc2ccccc2)[C@@H]1COCc1ccccc1. The van der Waals surface area contributed by atoms with E-state index in [1.165, 1.54) is 5.56 Å². The Kier molecular flexibility index (Phi) is 9.04. The molecule has 0 aromatic heterocycles. The average Bonchev–Trinajstić information content (AvgIpc) is 3.19. The lowest BCUT2D eigenvalue weighted by atomic mass is 10.1. The van der Waals surface area contributed by atoms with Gasteiger partial charge >= 0.3 is 0 Å². The quantitative estimate of drug-likeness (QED) is 0.455. The predicted octanol–water partition coefficient (Wildman–Crippen LogP) is 4.02. The molecule has 1 fully saturated rings. The largest absolute Gasteiger partial charge is 0.375 e. The average molecular weight is 447 g/mol. The van der Waals surface area contributed by atoms with E-state index in [0.717, 1.165) is 24.2 Å². The molecule has 0 saturated carbocycles. The van der Waals surface area contributed by atoms with Crippen molar-refractivity contribution in [1.29, 1.82) is 0 Å². The van der Waals surface area contributed by atoms with E-state index in [1.54, 1.807) is 0 Å². The predicted molar refractivity (Wildman–Crippen MR) is 131 cm³/mol. The summed E-state index contributed by atoms with van der Waals surface area (Å²) in [5.41, 5.74) is 9.43. The molecule has 4 rings (SSSR count). The molecule has 0 unspecified atom stereocenters. The van der Waals surface area contributed by atoms with Crippen LogP contribution in [-0.4, -0.2) is 49.4 Å². The molecular weight excluding hydrogens is 412 g/mol. The zero-order valence-corrected chi connectivity index (χ0v) is 19.1. The highest BCUT2D eigenvalue weighted by atomic mass is 16.5. The van der Waals surface area contributed by atoms with E-state index < -0.39 is 0 Å². The molecule has 0 aliphatic carbocycles. The molecule has 5 heteroatoms. The molecule has 3 atom stereocenters. The van der Waals surface area contributed by atoms with E-state index in [1.807, 2.05) is 54.6 Å². The molecule has 174 valence electrons. The number of hydrogen-bond acceptors (Lipinski definition) is 5. The van der Waals surface area contributed by atoms with Gasteiger partial charge in [-0.3, -0.25) is 4.90 Å². The second-order valence-corrected chi connectivity index (χ2v) is 8.45. The molecule has 5 nitrogen and oxygen atoms in total. The maximum absolute atomic E-state index is 6.49. The number of likely N-dealkylation sites (tertiary alicyclic amines) is 1. The van der Waals surface area contributed by atoms with Gasteiger partial charge in [0.2, 0.25) is 0 Å². The van der Waals surface area contributed by atoms with E-state index in [0.29, 0.717) is 33.0 Å². The Balaban J connectivity index is 1.44. The lowest BCUT2D eigenvalue weighted by molar-refractivity contribution is -0.0816. The first kappa shape index (κ1) is 23.6. The molecule has 1 aliphatic rings. The molecular formula is C28H34N2O3. The zero-order chi connectivity index (χ0) is 22.7. The van der Waals surface area contributed by atoms with Crippen molar-refractivity contribution >= 4 is 0 Å². The molecule has 0 spiro atoms. The van der Waals surface area contributed by atoms with Crippen LogP contribution < -0.4 is 5.73 Å². The summed E-state index contributed by atoms with van der Waals surface area (Å²) < 4.78 is 19.0. The van der Waals surface area contributed by atoms with Crippen LogP contribution in [0.25, 0.3) is 0 Å². The Morgan fingerprint density at radius 2 is 1.21 bits per heavy atom. The van der Waals surface area contributed by atoms with Crippen LogP contribution >= 0.6 is 0 Å². The van der Waals surface area contributed by atoms with E-state index in [4.69, 9.17) is 19.9 Å². The monoisotopic (exact) mass is 446 g/mol. The summed E-state index contributed by atoms with van der Waals surface area (Å²) in [6.45, 7) is 4.41. The first-order chi connectivity index (χ1) is 16.3. The van der Waals surface area contributed by atoms with Gasteiger partial charge in [0.1, 0.15) is 6.10 Å². The van der Waals surface area contributed by atoms with Crippen LogP contribution in [0.4, 0.5) is 0 Å².